The van der Waals surface area contributed by atoms with Crippen LogP contribution in [0, 0.1) is 0 Å². The number of likely N-dealkylation sites (N-methyl/N-ethyl adjacent to an activating group) is 1. The van der Waals surface area contributed by atoms with E-state index in [1.165, 1.54) is 0 Å². The lowest BCUT2D eigenvalue weighted by molar-refractivity contribution is -0.0552. The molecule has 0 aliphatic carbocycles. The second-order valence-corrected chi connectivity index (χ2v) is 6.29. The van der Waals surface area contributed by atoms with Crippen molar-refractivity contribution in [2.45, 2.75) is 32.5 Å². The molecule has 5 heteroatoms. The molecule has 1 fully saturated rings. The van der Waals surface area contributed by atoms with Crippen molar-refractivity contribution < 1.29 is 14.6 Å². The van der Waals surface area contributed by atoms with Crippen molar-refractivity contribution >= 4 is 0 Å². The highest BCUT2D eigenvalue weighted by Gasteiger charge is 2.16. The van der Waals surface area contributed by atoms with Crippen molar-refractivity contribution in [3.63, 3.8) is 0 Å². The third-order valence-corrected chi connectivity index (χ3v) is 3.13. The van der Waals surface area contributed by atoms with E-state index in [0.29, 0.717) is 13.2 Å². The van der Waals surface area contributed by atoms with Crippen LogP contribution in [0.25, 0.3) is 0 Å². The van der Waals surface area contributed by atoms with E-state index in [4.69, 9.17) is 9.47 Å². The molecule has 1 aliphatic heterocycles. The molecule has 0 radical (unpaired) electrons. The fourth-order valence-corrected chi connectivity index (χ4v) is 1.99. The van der Waals surface area contributed by atoms with Crippen LogP contribution in [0.15, 0.2) is 0 Å². The Kier molecular flexibility index (Phi) is 7.25. The molecule has 1 heterocycles. The molecular weight excluding hydrogens is 244 g/mol. The van der Waals surface area contributed by atoms with Crippen LogP contribution in [-0.2, 0) is 9.47 Å². The quantitative estimate of drug-likeness (QED) is 0.729. The van der Waals surface area contributed by atoms with Gasteiger partial charge in [0.2, 0.25) is 0 Å². The monoisotopic (exact) mass is 274 g/mol. The first-order valence-electron chi connectivity index (χ1n) is 7.17. The Morgan fingerprint density at radius 2 is 1.95 bits per heavy atom. The third-order valence-electron chi connectivity index (χ3n) is 3.13. The molecule has 0 bridgehead atoms. The fraction of sp³-hybridized carbons (Fsp3) is 1.00. The Hall–Kier alpha value is -0.200. The standard InChI is InChI=1S/C14H30N2O3/c1-14(2,3)19-12-13(17)11-15(4)5-6-16-7-9-18-10-8-16/h13,17H,5-12H2,1-4H3. The first-order valence-corrected chi connectivity index (χ1v) is 7.17. The first kappa shape index (κ1) is 16.9. The van der Waals surface area contributed by atoms with Gasteiger partial charge in [0.25, 0.3) is 0 Å². The highest BCUT2D eigenvalue weighted by molar-refractivity contribution is 4.68. The summed E-state index contributed by atoms with van der Waals surface area (Å²) in [6.07, 6.45) is -0.422. The van der Waals surface area contributed by atoms with E-state index in [2.05, 4.69) is 9.80 Å². The summed E-state index contributed by atoms with van der Waals surface area (Å²) in [6, 6.07) is 0. The summed E-state index contributed by atoms with van der Waals surface area (Å²) < 4.78 is 10.9. The van der Waals surface area contributed by atoms with Gasteiger partial charge in [-0.05, 0) is 27.8 Å². The minimum absolute atomic E-state index is 0.187. The SMILES string of the molecule is CN(CCN1CCOCC1)CC(O)COC(C)(C)C. The van der Waals surface area contributed by atoms with Crippen molar-refractivity contribution in [1.29, 1.82) is 0 Å². The maximum atomic E-state index is 9.92. The van der Waals surface area contributed by atoms with Gasteiger partial charge in [0.05, 0.1) is 31.5 Å². The zero-order valence-corrected chi connectivity index (χ0v) is 12.9. The molecule has 19 heavy (non-hydrogen) atoms. The molecule has 0 aromatic heterocycles. The highest BCUT2D eigenvalue weighted by Crippen LogP contribution is 2.07. The molecular formula is C14H30N2O3. The topological polar surface area (TPSA) is 45.2 Å². The minimum atomic E-state index is -0.422. The lowest BCUT2D eigenvalue weighted by Crippen LogP contribution is -2.42. The average Bonchev–Trinajstić information content (AvgIpc) is 2.34. The van der Waals surface area contributed by atoms with E-state index in [1.54, 1.807) is 0 Å². The van der Waals surface area contributed by atoms with Gasteiger partial charge in [-0.1, -0.05) is 0 Å². The summed E-state index contributed by atoms with van der Waals surface area (Å²) in [7, 11) is 2.04. The summed E-state index contributed by atoms with van der Waals surface area (Å²) in [4.78, 5) is 4.56. The van der Waals surface area contributed by atoms with Crippen molar-refractivity contribution in [1.82, 2.24) is 9.80 Å². The molecule has 0 amide bonds. The number of ether oxygens (including phenoxy) is 2. The normalized spacial score (nSPS) is 19.9. The summed E-state index contributed by atoms with van der Waals surface area (Å²) in [5, 5.41) is 9.92. The van der Waals surface area contributed by atoms with Crippen molar-refractivity contribution in [3.8, 4) is 0 Å². The molecule has 1 N–H and O–H groups in total. The molecule has 1 unspecified atom stereocenters. The van der Waals surface area contributed by atoms with Gasteiger partial charge in [0.15, 0.2) is 0 Å². The van der Waals surface area contributed by atoms with E-state index in [0.717, 1.165) is 39.4 Å². The number of aliphatic hydroxyl groups excluding tert-OH is 1. The van der Waals surface area contributed by atoms with Crippen LogP contribution in [-0.4, -0.2) is 86.2 Å². The molecule has 1 atom stereocenters. The van der Waals surface area contributed by atoms with E-state index >= 15 is 0 Å². The molecule has 1 aliphatic rings. The molecule has 0 aromatic rings. The lowest BCUT2D eigenvalue weighted by atomic mass is 10.2. The number of rotatable bonds is 7. The van der Waals surface area contributed by atoms with Crippen molar-refractivity contribution in [2.24, 2.45) is 0 Å². The van der Waals surface area contributed by atoms with Crippen LogP contribution in [0.1, 0.15) is 20.8 Å². The zero-order valence-electron chi connectivity index (χ0n) is 12.9. The summed E-state index contributed by atoms with van der Waals surface area (Å²) in [5.74, 6) is 0. The van der Waals surface area contributed by atoms with Gasteiger partial charge in [-0.3, -0.25) is 4.90 Å². The highest BCUT2D eigenvalue weighted by atomic mass is 16.5. The Balaban J connectivity index is 2.10. The van der Waals surface area contributed by atoms with E-state index in [1.807, 2.05) is 27.8 Å². The predicted octanol–water partition coefficient (Wildman–Crippen LogP) is 0.426. The summed E-state index contributed by atoms with van der Waals surface area (Å²) in [6.45, 7) is 12.8. The number of morpholine rings is 1. The van der Waals surface area contributed by atoms with Gasteiger partial charge in [0.1, 0.15) is 0 Å². The Labute approximate surface area is 117 Å². The van der Waals surface area contributed by atoms with Gasteiger partial charge in [0, 0.05) is 32.7 Å². The fourth-order valence-electron chi connectivity index (χ4n) is 1.99. The van der Waals surface area contributed by atoms with E-state index in [-0.39, 0.29) is 5.60 Å². The number of hydrogen-bond donors (Lipinski definition) is 1. The van der Waals surface area contributed by atoms with Crippen LogP contribution in [0.4, 0.5) is 0 Å². The number of hydrogen-bond acceptors (Lipinski definition) is 5. The summed E-state index contributed by atoms with van der Waals surface area (Å²) >= 11 is 0. The summed E-state index contributed by atoms with van der Waals surface area (Å²) in [5.41, 5.74) is -0.187. The number of aliphatic hydroxyl groups is 1. The van der Waals surface area contributed by atoms with Gasteiger partial charge < -0.3 is 19.5 Å². The molecule has 0 spiro atoms. The van der Waals surface area contributed by atoms with Gasteiger partial charge in [-0.25, -0.2) is 0 Å². The van der Waals surface area contributed by atoms with Crippen LogP contribution in [0.2, 0.25) is 0 Å². The zero-order chi connectivity index (χ0) is 14.3. The molecule has 1 saturated heterocycles. The smallest absolute Gasteiger partial charge is 0.0900 e. The van der Waals surface area contributed by atoms with Gasteiger partial charge in [-0.15, -0.1) is 0 Å². The lowest BCUT2D eigenvalue weighted by Gasteiger charge is -2.29. The predicted molar refractivity (Wildman–Crippen MR) is 76.5 cm³/mol. The molecule has 1 rings (SSSR count). The average molecular weight is 274 g/mol. The first-order chi connectivity index (χ1) is 8.87. The van der Waals surface area contributed by atoms with E-state index < -0.39 is 6.10 Å². The Morgan fingerprint density at radius 1 is 1.32 bits per heavy atom. The Morgan fingerprint density at radius 3 is 2.53 bits per heavy atom. The third kappa shape index (κ3) is 8.55. The molecule has 5 nitrogen and oxygen atoms in total. The van der Waals surface area contributed by atoms with Crippen LogP contribution in [0.3, 0.4) is 0 Å². The van der Waals surface area contributed by atoms with Gasteiger partial charge >= 0.3 is 0 Å². The Bertz CT molecular complexity index is 237. The number of nitrogens with zero attached hydrogens (tertiary/aromatic N) is 2. The van der Waals surface area contributed by atoms with E-state index in [9.17, 15) is 5.11 Å². The minimum Gasteiger partial charge on any atom is -0.389 e. The maximum absolute atomic E-state index is 9.92. The molecule has 0 saturated carbocycles. The second-order valence-electron chi connectivity index (χ2n) is 6.29. The second kappa shape index (κ2) is 8.17. The molecule has 0 aromatic carbocycles. The molecule has 114 valence electrons. The van der Waals surface area contributed by atoms with Crippen molar-refractivity contribution in [2.75, 3.05) is 59.6 Å². The van der Waals surface area contributed by atoms with Crippen LogP contribution in [0.5, 0.6) is 0 Å². The largest absolute Gasteiger partial charge is 0.389 e. The van der Waals surface area contributed by atoms with Gasteiger partial charge in [-0.2, -0.15) is 0 Å². The van der Waals surface area contributed by atoms with Crippen LogP contribution >= 0.6 is 0 Å². The maximum Gasteiger partial charge on any atom is 0.0900 e. The van der Waals surface area contributed by atoms with Crippen LogP contribution < -0.4 is 0 Å². The van der Waals surface area contributed by atoms with Crippen molar-refractivity contribution in [3.05, 3.63) is 0 Å².